The second-order valence-corrected chi connectivity index (χ2v) is 5.25. The number of aromatic nitrogens is 2. The lowest BCUT2D eigenvalue weighted by Crippen LogP contribution is -2.19. The van der Waals surface area contributed by atoms with Crippen LogP contribution in [0.25, 0.3) is 0 Å². The maximum atomic E-state index is 5.86. The van der Waals surface area contributed by atoms with Gasteiger partial charge in [0.2, 0.25) is 0 Å². The summed E-state index contributed by atoms with van der Waals surface area (Å²) in [5, 5.41) is 3.41. The molecule has 2 aromatic heterocycles. The average molecular weight is 271 g/mol. The molecule has 0 atom stereocenters. The van der Waals surface area contributed by atoms with Crippen LogP contribution in [0.5, 0.6) is 11.5 Å². The van der Waals surface area contributed by atoms with Crippen LogP contribution in [0.4, 0.5) is 0 Å². The number of nitrogens with zero attached hydrogens (tertiary/aromatic N) is 2. The normalized spacial score (nSPS) is 10.8. The van der Waals surface area contributed by atoms with Gasteiger partial charge in [-0.05, 0) is 37.6 Å². The molecule has 0 aromatic carbocycles. The van der Waals surface area contributed by atoms with Crippen molar-refractivity contribution >= 4 is 0 Å². The second-order valence-electron chi connectivity index (χ2n) is 5.25. The van der Waals surface area contributed by atoms with Crippen molar-refractivity contribution in [2.24, 2.45) is 5.92 Å². The number of nitrogens with one attached hydrogen (secondary N) is 1. The lowest BCUT2D eigenvalue weighted by molar-refractivity contribution is 0.464. The van der Waals surface area contributed by atoms with Gasteiger partial charge in [0.05, 0.1) is 12.4 Å². The Balaban J connectivity index is 2.05. The number of pyridine rings is 2. The Bertz CT molecular complexity index is 538. The predicted octanol–water partition coefficient (Wildman–Crippen LogP) is 3.32. The topological polar surface area (TPSA) is 47.0 Å². The van der Waals surface area contributed by atoms with Crippen molar-refractivity contribution in [3.8, 4) is 11.5 Å². The minimum absolute atomic E-state index is 0.627. The number of rotatable bonds is 6. The maximum Gasteiger partial charge on any atom is 0.150 e. The molecule has 0 amide bonds. The Kier molecular flexibility index (Phi) is 5.07. The van der Waals surface area contributed by atoms with Gasteiger partial charge in [-0.2, -0.15) is 0 Å². The molecule has 0 radical (unpaired) electrons. The fraction of sp³-hybridized carbons (Fsp3) is 0.375. The molecule has 0 unspecified atom stereocenters. The molecule has 0 saturated heterocycles. The van der Waals surface area contributed by atoms with Crippen LogP contribution >= 0.6 is 0 Å². The van der Waals surface area contributed by atoms with E-state index in [2.05, 4.69) is 29.1 Å². The Morgan fingerprint density at radius 1 is 1.20 bits per heavy atom. The molecule has 2 heterocycles. The van der Waals surface area contributed by atoms with E-state index in [1.165, 1.54) is 0 Å². The van der Waals surface area contributed by atoms with Gasteiger partial charge in [0, 0.05) is 24.0 Å². The third kappa shape index (κ3) is 4.31. The molecule has 0 fully saturated rings. The number of hydrogen-bond donors (Lipinski definition) is 1. The zero-order valence-corrected chi connectivity index (χ0v) is 12.3. The minimum atomic E-state index is 0.627. The van der Waals surface area contributed by atoms with E-state index < -0.39 is 0 Å². The summed E-state index contributed by atoms with van der Waals surface area (Å²) in [5.41, 5.74) is 2.07. The summed E-state index contributed by atoms with van der Waals surface area (Å²) in [6, 6.07) is 5.83. The third-order valence-corrected chi connectivity index (χ3v) is 2.85. The van der Waals surface area contributed by atoms with Gasteiger partial charge in [0.15, 0.2) is 0 Å². The fourth-order valence-corrected chi connectivity index (χ4v) is 1.78. The fourth-order valence-electron chi connectivity index (χ4n) is 1.78. The van der Waals surface area contributed by atoms with Crippen molar-refractivity contribution in [1.82, 2.24) is 15.3 Å². The van der Waals surface area contributed by atoms with Crippen LogP contribution in [0.3, 0.4) is 0 Å². The van der Waals surface area contributed by atoms with Crippen molar-refractivity contribution in [2.75, 3.05) is 6.54 Å². The molecule has 106 valence electrons. The number of hydrogen-bond acceptors (Lipinski definition) is 4. The van der Waals surface area contributed by atoms with Crippen molar-refractivity contribution in [3.05, 3.63) is 48.0 Å². The summed E-state index contributed by atoms with van der Waals surface area (Å²) in [6.45, 7) is 8.09. The van der Waals surface area contributed by atoms with Crippen LogP contribution in [0.1, 0.15) is 25.1 Å². The van der Waals surface area contributed by atoms with Crippen LogP contribution in [-0.4, -0.2) is 16.5 Å². The predicted molar refractivity (Wildman–Crippen MR) is 79.8 cm³/mol. The van der Waals surface area contributed by atoms with E-state index >= 15 is 0 Å². The first-order valence-electron chi connectivity index (χ1n) is 6.89. The molecular weight excluding hydrogens is 250 g/mol. The van der Waals surface area contributed by atoms with E-state index in [0.29, 0.717) is 5.92 Å². The molecule has 2 aromatic rings. The zero-order chi connectivity index (χ0) is 14.4. The van der Waals surface area contributed by atoms with Crippen molar-refractivity contribution in [3.63, 3.8) is 0 Å². The highest BCUT2D eigenvalue weighted by Crippen LogP contribution is 2.23. The van der Waals surface area contributed by atoms with Crippen LogP contribution in [0.15, 0.2) is 36.8 Å². The summed E-state index contributed by atoms with van der Waals surface area (Å²) in [5.74, 6) is 2.13. The first-order valence-corrected chi connectivity index (χ1v) is 6.89. The Morgan fingerprint density at radius 2 is 2.05 bits per heavy atom. The van der Waals surface area contributed by atoms with Crippen LogP contribution in [0, 0.1) is 12.8 Å². The van der Waals surface area contributed by atoms with E-state index in [-0.39, 0.29) is 0 Å². The third-order valence-electron chi connectivity index (χ3n) is 2.85. The second kappa shape index (κ2) is 7.01. The van der Waals surface area contributed by atoms with Gasteiger partial charge in [0.25, 0.3) is 0 Å². The highest BCUT2D eigenvalue weighted by molar-refractivity contribution is 5.34. The lowest BCUT2D eigenvalue weighted by Gasteiger charge is -2.12. The molecule has 0 spiro atoms. The average Bonchev–Trinajstić information content (AvgIpc) is 2.43. The van der Waals surface area contributed by atoms with Crippen molar-refractivity contribution < 1.29 is 4.74 Å². The molecule has 0 aliphatic carbocycles. The minimum Gasteiger partial charge on any atom is -0.454 e. The van der Waals surface area contributed by atoms with Crippen LogP contribution < -0.4 is 10.1 Å². The molecule has 4 nitrogen and oxygen atoms in total. The molecule has 20 heavy (non-hydrogen) atoms. The zero-order valence-electron chi connectivity index (χ0n) is 12.3. The highest BCUT2D eigenvalue weighted by atomic mass is 16.5. The van der Waals surface area contributed by atoms with Crippen molar-refractivity contribution in [1.29, 1.82) is 0 Å². The Morgan fingerprint density at radius 3 is 2.75 bits per heavy atom. The first-order chi connectivity index (χ1) is 9.65. The molecule has 4 heteroatoms. The van der Waals surface area contributed by atoms with Gasteiger partial charge in [-0.3, -0.25) is 9.97 Å². The molecule has 2 rings (SSSR count). The first kappa shape index (κ1) is 14.5. The van der Waals surface area contributed by atoms with E-state index in [9.17, 15) is 0 Å². The summed E-state index contributed by atoms with van der Waals surface area (Å²) >= 11 is 0. The number of aryl methyl sites for hydroxylation is 1. The monoisotopic (exact) mass is 271 g/mol. The summed E-state index contributed by atoms with van der Waals surface area (Å²) in [6.07, 6.45) is 5.26. The van der Waals surface area contributed by atoms with Gasteiger partial charge < -0.3 is 10.1 Å². The van der Waals surface area contributed by atoms with Crippen molar-refractivity contribution in [2.45, 2.75) is 27.3 Å². The van der Waals surface area contributed by atoms with E-state index in [1.54, 1.807) is 18.6 Å². The molecule has 0 bridgehead atoms. The Hall–Kier alpha value is -1.94. The van der Waals surface area contributed by atoms with Crippen LogP contribution in [-0.2, 0) is 6.54 Å². The van der Waals surface area contributed by atoms with Gasteiger partial charge >= 0.3 is 0 Å². The van der Waals surface area contributed by atoms with E-state index in [4.69, 9.17) is 4.74 Å². The van der Waals surface area contributed by atoms with Crippen LogP contribution in [0.2, 0.25) is 0 Å². The SMILES string of the molecule is Cc1ccc(Oc2cnccc2CNCC(C)C)cn1. The number of ether oxygens (including phenoxy) is 1. The van der Waals surface area contributed by atoms with E-state index in [0.717, 1.165) is 35.8 Å². The molecule has 1 N–H and O–H groups in total. The van der Waals surface area contributed by atoms with Gasteiger partial charge in [-0.1, -0.05) is 13.8 Å². The standard InChI is InChI=1S/C16H21N3O/c1-12(2)8-18-9-14-6-7-17-11-16(14)20-15-5-4-13(3)19-10-15/h4-7,10-12,18H,8-9H2,1-3H3. The van der Waals surface area contributed by atoms with Gasteiger partial charge in [-0.25, -0.2) is 0 Å². The maximum absolute atomic E-state index is 5.86. The molecule has 0 aliphatic heterocycles. The van der Waals surface area contributed by atoms with E-state index in [1.807, 2.05) is 25.1 Å². The summed E-state index contributed by atoms with van der Waals surface area (Å²) < 4.78 is 5.86. The molecular formula is C16H21N3O. The largest absolute Gasteiger partial charge is 0.454 e. The Labute approximate surface area is 120 Å². The quantitative estimate of drug-likeness (QED) is 0.875. The van der Waals surface area contributed by atoms with Gasteiger partial charge in [-0.15, -0.1) is 0 Å². The van der Waals surface area contributed by atoms with Gasteiger partial charge in [0.1, 0.15) is 11.5 Å². The molecule has 0 aliphatic rings. The molecule has 0 saturated carbocycles. The highest BCUT2D eigenvalue weighted by Gasteiger charge is 2.05. The smallest absolute Gasteiger partial charge is 0.150 e. The summed E-state index contributed by atoms with van der Waals surface area (Å²) in [4.78, 5) is 8.36. The summed E-state index contributed by atoms with van der Waals surface area (Å²) in [7, 11) is 0. The lowest BCUT2D eigenvalue weighted by atomic mass is 10.2.